The zero-order chi connectivity index (χ0) is 25.4. The molecule has 2 fully saturated rings. The van der Waals surface area contributed by atoms with Gasteiger partial charge in [-0.15, -0.1) is 0 Å². The summed E-state index contributed by atoms with van der Waals surface area (Å²) in [5.74, 6) is 0.596. The Bertz CT molecular complexity index is 1350. The lowest BCUT2D eigenvalue weighted by Crippen LogP contribution is -2.35. The van der Waals surface area contributed by atoms with Crippen molar-refractivity contribution in [2.45, 2.75) is 76.0 Å². The van der Waals surface area contributed by atoms with E-state index in [0.29, 0.717) is 5.75 Å². The maximum absolute atomic E-state index is 13.6. The normalized spacial score (nSPS) is 22.1. The number of hydrogen-bond acceptors (Lipinski definition) is 4. The van der Waals surface area contributed by atoms with Crippen molar-refractivity contribution >= 4 is 24.0 Å². The molecule has 3 aliphatic carbocycles. The Morgan fingerprint density at radius 3 is 2.24 bits per heavy atom. The van der Waals surface area contributed by atoms with E-state index in [1.807, 2.05) is 54.7 Å². The minimum absolute atomic E-state index is 0.0287. The first-order valence-corrected chi connectivity index (χ1v) is 13.6. The van der Waals surface area contributed by atoms with E-state index in [9.17, 15) is 9.59 Å². The zero-order valence-electron chi connectivity index (χ0n) is 21.1. The predicted octanol–water partition coefficient (Wildman–Crippen LogP) is 3.86. The third-order valence-electron chi connectivity index (χ3n) is 8.11. The highest BCUT2D eigenvalue weighted by molar-refractivity contribution is 5.95. The molecule has 2 saturated carbocycles. The second-order valence-electron chi connectivity index (χ2n) is 10.7. The van der Waals surface area contributed by atoms with E-state index in [2.05, 4.69) is 6.08 Å². The average molecular weight is 499 g/mol. The molecule has 0 radical (unpaired) electrons. The van der Waals surface area contributed by atoms with Gasteiger partial charge in [-0.2, -0.15) is 0 Å². The number of carbonyl (C=O) groups excluding carboxylic acids is 2. The van der Waals surface area contributed by atoms with Gasteiger partial charge in [0.2, 0.25) is 11.8 Å². The molecular weight excluding hydrogens is 464 g/mol. The molecule has 192 valence electrons. The molecule has 2 unspecified atom stereocenters. The Balaban J connectivity index is 1.34. The standard InChI is InChI=1S/C31H34N2O4/c32-30(34)18-27(33-19-23-15-20-7-1-2-8-21(20)16-26(23)31(33)35)22-13-14-28(36-24-9-3-4-10-24)29(17-22)37-25-11-5-6-12-25/h1-2,7-8,13-17,19,24-27H,3-6,9-12,18H2,(H2,32,34). The van der Waals surface area contributed by atoms with Crippen LogP contribution in [0.15, 0.2) is 54.2 Å². The highest BCUT2D eigenvalue weighted by atomic mass is 16.5. The van der Waals surface area contributed by atoms with E-state index in [-0.39, 0.29) is 30.5 Å². The maximum Gasteiger partial charge on any atom is 0.238 e. The van der Waals surface area contributed by atoms with Crippen LogP contribution in [0.5, 0.6) is 11.5 Å². The summed E-state index contributed by atoms with van der Waals surface area (Å²) in [6.45, 7) is 0. The first-order chi connectivity index (χ1) is 18.0. The maximum atomic E-state index is 13.6. The van der Waals surface area contributed by atoms with Crippen molar-refractivity contribution in [2.24, 2.45) is 11.7 Å². The van der Waals surface area contributed by atoms with Gasteiger partial charge in [-0.25, -0.2) is 0 Å². The van der Waals surface area contributed by atoms with Crippen LogP contribution in [0, 0.1) is 5.92 Å². The topological polar surface area (TPSA) is 81.9 Å². The Kier molecular flexibility index (Phi) is 6.49. The van der Waals surface area contributed by atoms with Gasteiger partial charge in [-0.05, 0) is 91.1 Å². The molecule has 2 aromatic carbocycles. The van der Waals surface area contributed by atoms with Crippen molar-refractivity contribution in [2.75, 3.05) is 0 Å². The van der Waals surface area contributed by atoms with Crippen molar-refractivity contribution in [3.05, 3.63) is 70.2 Å². The molecule has 6 rings (SSSR count). The van der Waals surface area contributed by atoms with E-state index < -0.39 is 11.9 Å². The van der Waals surface area contributed by atoms with E-state index in [1.54, 1.807) is 4.90 Å². The van der Waals surface area contributed by atoms with Crippen molar-refractivity contribution in [1.29, 1.82) is 0 Å². The highest BCUT2D eigenvalue weighted by Crippen LogP contribution is 2.40. The number of amides is 2. The van der Waals surface area contributed by atoms with E-state index >= 15 is 0 Å². The number of benzene rings is 2. The molecular formula is C31H34N2O4. The SMILES string of the molecule is NC(=O)CC(c1ccc(OC2CCCC2)c(OC2CCCC2)c1)N1C=C2C=c3ccccc3=CC2C1=O. The lowest BCUT2D eigenvalue weighted by Gasteiger charge is -2.28. The molecule has 0 spiro atoms. The van der Waals surface area contributed by atoms with Gasteiger partial charge in [0.1, 0.15) is 0 Å². The number of primary amides is 1. The third kappa shape index (κ3) is 4.89. The number of rotatable bonds is 8. The van der Waals surface area contributed by atoms with Crippen LogP contribution in [0.4, 0.5) is 0 Å². The zero-order valence-corrected chi connectivity index (χ0v) is 21.1. The molecule has 4 aliphatic rings. The fraction of sp³-hybridized carbons (Fsp3) is 0.419. The summed E-state index contributed by atoms with van der Waals surface area (Å²) in [7, 11) is 0. The smallest absolute Gasteiger partial charge is 0.238 e. The van der Waals surface area contributed by atoms with Crippen LogP contribution in [0.3, 0.4) is 0 Å². The monoisotopic (exact) mass is 498 g/mol. The largest absolute Gasteiger partial charge is 0.487 e. The fourth-order valence-electron chi connectivity index (χ4n) is 6.16. The fourth-order valence-corrected chi connectivity index (χ4v) is 6.16. The number of nitrogens with zero attached hydrogens (tertiary/aromatic N) is 1. The Morgan fingerprint density at radius 1 is 0.919 bits per heavy atom. The number of carbonyl (C=O) groups is 2. The Labute approximate surface area is 217 Å². The Hall–Kier alpha value is -3.54. The van der Waals surface area contributed by atoms with Crippen molar-refractivity contribution < 1.29 is 19.1 Å². The quantitative estimate of drug-likeness (QED) is 0.599. The molecule has 2 N–H and O–H groups in total. The van der Waals surface area contributed by atoms with Gasteiger partial charge in [-0.3, -0.25) is 9.59 Å². The summed E-state index contributed by atoms with van der Waals surface area (Å²) in [4.78, 5) is 27.5. The van der Waals surface area contributed by atoms with E-state index in [4.69, 9.17) is 15.2 Å². The predicted molar refractivity (Wildman–Crippen MR) is 142 cm³/mol. The number of ether oxygens (including phenoxy) is 2. The second-order valence-corrected chi connectivity index (χ2v) is 10.7. The van der Waals surface area contributed by atoms with Gasteiger partial charge in [0.25, 0.3) is 0 Å². The van der Waals surface area contributed by atoms with Crippen LogP contribution >= 0.6 is 0 Å². The highest BCUT2D eigenvalue weighted by Gasteiger charge is 2.37. The van der Waals surface area contributed by atoms with Crippen LogP contribution in [0.1, 0.15) is 69.4 Å². The van der Waals surface area contributed by atoms with Gasteiger partial charge < -0.3 is 20.1 Å². The summed E-state index contributed by atoms with van der Waals surface area (Å²) in [5, 5.41) is 2.14. The summed E-state index contributed by atoms with van der Waals surface area (Å²) < 4.78 is 12.8. The molecule has 6 heteroatoms. The molecule has 2 atom stereocenters. The minimum atomic E-state index is -0.514. The molecule has 0 aromatic heterocycles. The van der Waals surface area contributed by atoms with Gasteiger partial charge in [-0.1, -0.05) is 36.4 Å². The van der Waals surface area contributed by atoms with E-state index in [0.717, 1.165) is 53.0 Å². The molecule has 1 heterocycles. The van der Waals surface area contributed by atoms with Crippen LogP contribution in [0.25, 0.3) is 12.2 Å². The lowest BCUT2D eigenvalue weighted by molar-refractivity contribution is -0.131. The van der Waals surface area contributed by atoms with Gasteiger partial charge >= 0.3 is 0 Å². The van der Waals surface area contributed by atoms with Crippen LogP contribution in [-0.4, -0.2) is 28.9 Å². The minimum Gasteiger partial charge on any atom is -0.487 e. The number of fused-ring (bicyclic) bond motifs is 2. The Morgan fingerprint density at radius 2 is 1.57 bits per heavy atom. The van der Waals surface area contributed by atoms with Crippen LogP contribution in [-0.2, 0) is 9.59 Å². The average Bonchev–Trinajstić information content (AvgIpc) is 3.66. The van der Waals surface area contributed by atoms with Crippen LogP contribution < -0.4 is 25.6 Å². The molecule has 0 bridgehead atoms. The number of hydrogen-bond donors (Lipinski definition) is 1. The molecule has 2 amide bonds. The van der Waals surface area contributed by atoms with Crippen molar-refractivity contribution in [3.8, 4) is 11.5 Å². The summed E-state index contributed by atoms with van der Waals surface area (Å²) in [5.41, 5.74) is 7.46. The van der Waals surface area contributed by atoms with Gasteiger partial charge in [0.05, 0.1) is 30.6 Å². The van der Waals surface area contributed by atoms with Crippen molar-refractivity contribution in [3.63, 3.8) is 0 Å². The summed E-state index contributed by atoms with van der Waals surface area (Å²) >= 11 is 0. The first kappa shape index (κ1) is 23.8. The molecule has 2 aromatic rings. The van der Waals surface area contributed by atoms with Gasteiger partial charge in [0, 0.05) is 6.20 Å². The lowest BCUT2D eigenvalue weighted by atomic mass is 9.94. The molecule has 0 saturated heterocycles. The van der Waals surface area contributed by atoms with E-state index in [1.165, 1.54) is 25.7 Å². The van der Waals surface area contributed by atoms with Gasteiger partial charge in [0.15, 0.2) is 11.5 Å². The first-order valence-electron chi connectivity index (χ1n) is 13.6. The summed E-state index contributed by atoms with van der Waals surface area (Å²) in [6.07, 6.45) is 15.2. The molecule has 37 heavy (non-hydrogen) atoms. The summed E-state index contributed by atoms with van der Waals surface area (Å²) in [6, 6.07) is 13.4. The molecule has 1 aliphatic heterocycles. The molecule has 6 nitrogen and oxygen atoms in total. The second kappa shape index (κ2) is 10.1. The van der Waals surface area contributed by atoms with Crippen molar-refractivity contribution in [1.82, 2.24) is 4.90 Å². The third-order valence-corrected chi connectivity index (χ3v) is 8.11. The number of nitrogens with two attached hydrogens (primary N) is 1. The van der Waals surface area contributed by atoms with Crippen LogP contribution in [0.2, 0.25) is 0 Å².